The molecule has 1 aliphatic carbocycles. The molecular weight excluding hydrogens is 1010 g/mol. The zero-order valence-corrected chi connectivity index (χ0v) is 41.4. The van der Waals surface area contributed by atoms with E-state index in [1.165, 1.54) is 29.6 Å². The molecule has 73 heavy (non-hydrogen) atoms. The maximum Gasteiger partial charge on any atom is 0.509 e. The van der Waals surface area contributed by atoms with E-state index < -0.39 is 108 Å². The number of hydrogen-bond acceptors (Lipinski definition) is 13. The van der Waals surface area contributed by atoms with Gasteiger partial charge >= 0.3 is 36.0 Å². The van der Waals surface area contributed by atoms with Crippen molar-refractivity contribution in [3.8, 4) is 0 Å². The molecule has 1 saturated carbocycles. The first-order chi connectivity index (χ1) is 34.6. The number of benzene rings is 1. The van der Waals surface area contributed by atoms with Crippen molar-refractivity contribution >= 4 is 64.6 Å². The van der Waals surface area contributed by atoms with E-state index in [2.05, 4.69) is 31.6 Å². The average molecular weight is 1080 g/mol. The summed E-state index contributed by atoms with van der Waals surface area (Å²) >= 11 is 5.89. The Morgan fingerprint density at radius 1 is 0.781 bits per heavy atom. The van der Waals surface area contributed by atoms with Crippen LogP contribution >= 0.6 is 11.6 Å². The van der Waals surface area contributed by atoms with Crippen molar-refractivity contribution in [1.82, 2.24) is 26.6 Å². The number of nitrogens with two attached hydrogens (primary N) is 1. The molecule has 1 heterocycles. The first-order valence-electron chi connectivity index (χ1n) is 23.8. The van der Waals surface area contributed by atoms with Crippen LogP contribution in [0.2, 0.25) is 5.02 Å². The molecule has 1 saturated heterocycles. The van der Waals surface area contributed by atoms with Gasteiger partial charge in [-0.25, -0.2) is 9.28 Å². The lowest BCUT2D eigenvalue weighted by molar-refractivity contribution is -0.918. The highest BCUT2D eigenvalue weighted by atomic mass is 35.5. The first-order valence-corrected chi connectivity index (χ1v) is 24.2. The van der Waals surface area contributed by atoms with Crippen LogP contribution in [0.3, 0.4) is 0 Å². The lowest BCUT2D eigenvalue weighted by Crippen LogP contribution is -2.76. The van der Waals surface area contributed by atoms with Crippen molar-refractivity contribution in [3.05, 3.63) is 29.3 Å². The van der Waals surface area contributed by atoms with E-state index in [-0.39, 0.29) is 83.5 Å². The van der Waals surface area contributed by atoms with Gasteiger partial charge in [0.1, 0.15) is 18.1 Å². The summed E-state index contributed by atoms with van der Waals surface area (Å²) in [7, 11) is 1.58. The van der Waals surface area contributed by atoms with Crippen LogP contribution in [0.25, 0.3) is 0 Å². The summed E-state index contributed by atoms with van der Waals surface area (Å²) in [6.45, 7) is 1.43. The van der Waals surface area contributed by atoms with Gasteiger partial charge in [-0.3, -0.25) is 39.1 Å². The number of ether oxygens (including phenoxy) is 5. The van der Waals surface area contributed by atoms with Gasteiger partial charge in [0.2, 0.25) is 17.7 Å². The predicted octanol–water partition coefficient (Wildman–Crippen LogP) is 2.15. The fourth-order valence-corrected chi connectivity index (χ4v) is 8.65. The molecule has 2 unspecified atom stereocenters. The van der Waals surface area contributed by atoms with Crippen molar-refractivity contribution in [1.29, 1.82) is 0 Å². The Hall–Kier alpha value is -5.19. The van der Waals surface area contributed by atoms with Crippen LogP contribution in [0, 0.1) is 0 Å². The van der Waals surface area contributed by atoms with E-state index in [0.717, 1.165) is 0 Å². The van der Waals surface area contributed by atoms with Crippen molar-refractivity contribution in [2.75, 3.05) is 105 Å². The van der Waals surface area contributed by atoms with Gasteiger partial charge in [-0.2, -0.15) is 26.3 Å². The van der Waals surface area contributed by atoms with Crippen molar-refractivity contribution < 1.29 is 88.1 Å². The standard InChI is InChI=1S/C45H66ClF6N9O12/c1-69-22-23-71-26-27-73-29-28-72-25-24-70-21-18-54-35(62)11-12-36(63)59-34(6-5-16-56-42(53)60-40(67)44(47,48)49)37(64)55-17-20-61(41(68)45(50,51)52)19-13-33(30-43(61)14-3-2-4-15-43)58-39(66)38(65)57-32-9-7-31(46)8-10-32/h7-10,33-34H,2-6,11-30H2,1H3,(H7-,53,54,55,56,57,58,59,60,62,63,64,65,66,67)/p+1/t33?,34-,61?/m0/s1. The number of quaternary nitrogens is 1. The van der Waals surface area contributed by atoms with Gasteiger partial charge in [-0.1, -0.05) is 18.0 Å². The number of methoxy groups -OCH3 is 1. The second kappa shape index (κ2) is 31.5. The topological polar surface area (TPSA) is 276 Å². The molecule has 0 bridgehead atoms. The number of carbonyl (C=O) groups is 7. The zero-order chi connectivity index (χ0) is 53.9. The largest absolute Gasteiger partial charge is 0.509 e. The third-order valence-corrected chi connectivity index (χ3v) is 12.3. The Bertz CT molecular complexity index is 1980. The van der Waals surface area contributed by atoms with E-state index >= 15 is 0 Å². The Kier molecular flexibility index (Phi) is 26.8. The number of nitrogens with zero attached hydrogens (tertiary/aromatic N) is 2. The Morgan fingerprint density at radius 2 is 1.37 bits per heavy atom. The normalized spacial score (nSPS) is 18.3. The molecule has 1 aromatic carbocycles. The summed E-state index contributed by atoms with van der Waals surface area (Å²) in [6, 6.07) is 3.72. The van der Waals surface area contributed by atoms with Gasteiger partial charge in [0.25, 0.3) is 0 Å². The molecule has 1 aromatic rings. The summed E-state index contributed by atoms with van der Waals surface area (Å²) in [5.41, 5.74) is 4.31. The van der Waals surface area contributed by atoms with E-state index in [9.17, 15) is 59.9 Å². The molecule has 2 aliphatic rings. The number of piperidine rings is 1. The second-order valence-corrected chi connectivity index (χ2v) is 17.6. The fraction of sp³-hybridized carbons (Fsp3) is 0.689. The first kappa shape index (κ1) is 62.1. The highest BCUT2D eigenvalue weighted by molar-refractivity contribution is 6.39. The number of aliphatic imine (C=N–C) groups is 1. The number of guanidine groups is 1. The smallest absolute Gasteiger partial charge is 0.382 e. The SMILES string of the molecule is COCCOCCOCCOCCOCCNC(=O)CCC(=O)N[C@@H](CCCN=C(N)NC(=O)C(F)(F)F)C(=O)NCC[N+]1(C(=O)C(F)(F)F)CCC(NC(=O)C(=O)Nc2ccc(Cl)cc2)CC12CCCCC2. The molecule has 1 spiro atoms. The monoisotopic (exact) mass is 1070 g/mol. The molecule has 412 valence electrons. The Balaban J connectivity index is 1.61. The molecular formula is C45H67ClF6N9O12+. The Morgan fingerprint density at radius 3 is 1.96 bits per heavy atom. The molecule has 28 heteroatoms. The molecule has 1 aliphatic heterocycles. The number of hydrogen-bond donors (Lipinski definition) is 7. The van der Waals surface area contributed by atoms with E-state index in [0.29, 0.717) is 63.9 Å². The number of anilines is 1. The van der Waals surface area contributed by atoms with Crippen LogP contribution in [0.5, 0.6) is 0 Å². The molecule has 8 N–H and O–H groups in total. The van der Waals surface area contributed by atoms with Crippen LogP contribution < -0.4 is 37.6 Å². The van der Waals surface area contributed by atoms with Gasteiger partial charge in [-0.15, -0.1) is 0 Å². The number of carbonyl (C=O) groups excluding carboxylic acids is 7. The highest BCUT2D eigenvalue weighted by Crippen LogP contribution is 2.48. The molecule has 0 aromatic heterocycles. The maximum atomic E-state index is 14.6. The summed E-state index contributed by atoms with van der Waals surface area (Å²) in [5.74, 6) is -9.57. The van der Waals surface area contributed by atoms with Gasteiger partial charge < -0.3 is 56.0 Å². The zero-order valence-electron chi connectivity index (χ0n) is 40.7. The number of likely N-dealkylation sites (tertiary alicyclic amines) is 1. The third-order valence-electron chi connectivity index (χ3n) is 12.0. The van der Waals surface area contributed by atoms with Crippen LogP contribution in [-0.4, -0.2) is 181 Å². The molecule has 2 fully saturated rings. The molecule has 0 radical (unpaired) electrons. The lowest BCUT2D eigenvalue weighted by Gasteiger charge is -2.57. The molecule has 7 amide bonds. The number of nitrogens with one attached hydrogen (secondary N) is 6. The fourth-order valence-electron chi connectivity index (χ4n) is 8.53. The number of amides is 7. The maximum absolute atomic E-state index is 14.6. The van der Waals surface area contributed by atoms with Gasteiger partial charge in [0, 0.05) is 75.5 Å². The van der Waals surface area contributed by atoms with Crippen LogP contribution in [0.15, 0.2) is 29.3 Å². The summed E-state index contributed by atoms with van der Waals surface area (Å²) in [5, 5.41) is 14.4. The summed E-state index contributed by atoms with van der Waals surface area (Å²) < 4.78 is 107. The number of rotatable bonds is 29. The van der Waals surface area contributed by atoms with Gasteiger partial charge in [-0.05, 0) is 49.9 Å². The second-order valence-electron chi connectivity index (χ2n) is 17.2. The lowest BCUT2D eigenvalue weighted by atomic mass is 9.70. The van der Waals surface area contributed by atoms with Crippen molar-refractivity contribution in [2.45, 2.75) is 101 Å². The van der Waals surface area contributed by atoms with Crippen LogP contribution in [0.1, 0.15) is 70.6 Å². The summed E-state index contributed by atoms with van der Waals surface area (Å²) in [6.07, 6.45) is -9.97. The minimum absolute atomic E-state index is 0.0890. The molecule has 3 atom stereocenters. The van der Waals surface area contributed by atoms with Crippen LogP contribution in [-0.2, 0) is 57.2 Å². The van der Waals surface area contributed by atoms with Crippen molar-refractivity contribution in [2.24, 2.45) is 10.7 Å². The van der Waals surface area contributed by atoms with Gasteiger partial charge in [0.15, 0.2) is 5.96 Å². The third kappa shape index (κ3) is 22.1. The minimum Gasteiger partial charge on any atom is -0.382 e. The average Bonchev–Trinajstić information content (AvgIpc) is 3.33. The summed E-state index contributed by atoms with van der Waals surface area (Å²) in [4.78, 5) is 93.7. The molecule has 21 nitrogen and oxygen atoms in total. The van der Waals surface area contributed by atoms with E-state index in [1.54, 1.807) is 7.11 Å². The minimum atomic E-state index is -5.31. The van der Waals surface area contributed by atoms with Crippen LogP contribution in [0.4, 0.5) is 32.0 Å². The Labute approximate surface area is 423 Å². The van der Waals surface area contributed by atoms with Crippen molar-refractivity contribution in [3.63, 3.8) is 0 Å². The quantitative estimate of drug-likeness (QED) is 0.0152. The van der Waals surface area contributed by atoms with E-state index in [4.69, 9.17) is 41.0 Å². The number of alkyl halides is 6. The van der Waals surface area contributed by atoms with Gasteiger partial charge in [0.05, 0.1) is 72.6 Å². The number of halogens is 7. The molecule has 3 rings (SSSR count). The predicted molar refractivity (Wildman–Crippen MR) is 250 cm³/mol. The highest BCUT2D eigenvalue weighted by Gasteiger charge is 2.65. The van der Waals surface area contributed by atoms with E-state index in [1.807, 2.05) is 0 Å².